The number of rotatable bonds is 4. The molecular formula is C14H21N3O. The SMILES string of the molecule is C[C@@H](CN1CCNC(=O)C1)[C@@H](N)c1ccccc1. The summed E-state index contributed by atoms with van der Waals surface area (Å²) in [7, 11) is 0. The topological polar surface area (TPSA) is 58.4 Å². The van der Waals surface area contributed by atoms with Gasteiger partial charge in [-0.1, -0.05) is 37.3 Å². The third kappa shape index (κ3) is 3.31. The van der Waals surface area contributed by atoms with Crippen LogP contribution in [-0.2, 0) is 4.79 Å². The van der Waals surface area contributed by atoms with Crippen LogP contribution in [0.4, 0.5) is 0 Å². The van der Waals surface area contributed by atoms with Gasteiger partial charge < -0.3 is 11.1 Å². The molecule has 98 valence electrons. The quantitative estimate of drug-likeness (QED) is 0.825. The average molecular weight is 247 g/mol. The number of amides is 1. The highest BCUT2D eigenvalue weighted by molar-refractivity contribution is 5.78. The first-order chi connectivity index (χ1) is 8.66. The minimum absolute atomic E-state index is 0.0242. The largest absolute Gasteiger partial charge is 0.354 e. The van der Waals surface area contributed by atoms with E-state index in [0.29, 0.717) is 12.5 Å². The van der Waals surface area contributed by atoms with E-state index in [2.05, 4.69) is 29.3 Å². The molecule has 1 saturated heterocycles. The number of hydrogen-bond acceptors (Lipinski definition) is 3. The standard InChI is InChI=1S/C14H21N3O/c1-11(9-17-8-7-16-13(18)10-17)14(15)12-5-3-2-4-6-12/h2-6,11,14H,7-10,15H2,1H3,(H,16,18)/t11-,14+/m0/s1. The minimum Gasteiger partial charge on any atom is -0.354 e. The molecule has 0 aromatic heterocycles. The lowest BCUT2D eigenvalue weighted by atomic mass is 9.95. The molecule has 1 aliphatic rings. The first kappa shape index (κ1) is 13.1. The molecular weight excluding hydrogens is 226 g/mol. The fourth-order valence-corrected chi connectivity index (χ4v) is 2.37. The van der Waals surface area contributed by atoms with Gasteiger partial charge in [0.2, 0.25) is 5.91 Å². The van der Waals surface area contributed by atoms with Crippen LogP contribution in [0.15, 0.2) is 30.3 Å². The smallest absolute Gasteiger partial charge is 0.234 e. The molecule has 18 heavy (non-hydrogen) atoms. The first-order valence-electron chi connectivity index (χ1n) is 6.46. The number of carbonyl (C=O) groups is 1. The Labute approximate surface area is 108 Å². The number of hydrogen-bond donors (Lipinski definition) is 2. The molecule has 1 amide bonds. The molecule has 0 saturated carbocycles. The van der Waals surface area contributed by atoms with Crippen LogP contribution in [0.5, 0.6) is 0 Å². The van der Waals surface area contributed by atoms with Gasteiger partial charge in [0.15, 0.2) is 0 Å². The van der Waals surface area contributed by atoms with Crippen molar-refractivity contribution in [2.75, 3.05) is 26.2 Å². The molecule has 4 nitrogen and oxygen atoms in total. The lowest BCUT2D eigenvalue weighted by molar-refractivity contribution is -0.124. The monoisotopic (exact) mass is 247 g/mol. The van der Waals surface area contributed by atoms with E-state index in [-0.39, 0.29) is 11.9 Å². The van der Waals surface area contributed by atoms with Gasteiger partial charge in [-0.25, -0.2) is 0 Å². The summed E-state index contributed by atoms with van der Waals surface area (Å²) >= 11 is 0. The second-order valence-electron chi connectivity index (χ2n) is 5.00. The molecule has 1 heterocycles. The molecule has 0 aliphatic carbocycles. The van der Waals surface area contributed by atoms with E-state index >= 15 is 0 Å². The molecule has 4 heteroatoms. The molecule has 1 aromatic carbocycles. The highest BCUT2D eigenvalue weighted by Gasteiger charge is 2.21. The van der Waals surface area contributed by atoms with Crippen LogP contribution in [0.25, 0.3) is 0 Å². The molecule has 1 aromatic rings. The molecule has 2 rings (SSSR count). The lowest BCUT2D eigenvalue weighted by Gasteiger charge is -2.31. The normalized spacial score (nSPS) is 20.2. The van der Waals surface area contributed by atoms with Gasteiger partial charge in [0, 0.05) is 25.7 Å². The Bertz CT molecular complexity index is 393. The van der Waals surface area contributed by atoms with Gasteiger partial charge in [-0.2, -0.15) is 0 Å². The number of piperazine rings is 1. The van der Waals surface area contributed by atoms with Crippen LogP contribution < -0.4 is 11.1 Å². The molecule has 3 N–H and O–H groups in total. The summed E-state index contributed by atoms with van der Waals surface area (Å²) in [5.41, 5.74) is 7.42. The molecule has 1 fully saturated rings. The second kappa shape index (κ2) is 5.98. The van der Waals surface area contributed by atoms with E-state index in [1.807, 2.05) is 18.2 Å². The third-order valence-electron chi connectivity index (χ3n) is 3.46. The van der Waals surface area contributed by atoms with Gasteiger partial charge in [-0.15, -0.1) is 0 Å². The molecule has 0 spiro atoms. The summed E-state index contributed by atoms with van der Waals surface area (Å²) in [6.07, 6.45) is 0. The van der Waals surface area contributed by atoms with E-state index in [0.717, 1.165) is 25.2 Å². The zero-order chi connectivity index (χ0) is 13.0. The maximum atomic E-state index is 11.3. The summed E-state index contributed by atoms with van der Waals surface area (Å²) in [5.74, 6) is 0.444. The molecule has 0 bridgehead atoms. The highest BCUT2D eigenvalue weighted by atomic mass is 16.2. The van der Waals surface area contributed by atoms with Crippen molar-refractivity contribution >= 4 is 5.91 Å². The van der Waals surface area contributed by atoms with Gasteiger partial charge in [-0.05, 0) is 11.5 Å². The maximum Gasteiger partial charge on any atom is 0.234 e. The fraction of sp³-hybridized carbons (Fsp3) is 0.500. The molecule has 0 unspecified atom stereocenters. The lowest BCUT2D eigenvalue weighted by Crippen LogP contribution is -2.49. The van der Waals surface area contributed by atoms with E-state index in [1.54, 1.807) is 0 Å². The predicted octanol–water partition coefficient (Wildman–Crippen LogP) is 0.754. The van der Waals surface area contributed by atoms with Gasteiger partial charge in [-0.3, -0.25) is 9.69 Å². The van der Waals surface area contributed by atoms with Gasteiger partial charge in [0.25, 0.3) is 0 Å². The van der Waals surface area contributed by atoms with Crippen molar-refractivity contribution in [1.82, 2.24) is 10.2 Å². The van der Waals surface area contributed by atoms with Crippen molar-refractivity contribution in [3.8, 4) is 0 Å². The summed E-state index contributed by atoms with van der Waals surface area (Å²) in [5, 5.41) is 2.83. The van der Waals surface area contributed by atoms with Crippen LogP contribution in [0.2, 0.25) is 0 Å². The Morgan fingerprint density at radius 2 is 2.11 bits per heavy atom. The second-order valence-corrected chi connectivity index (χ2v) is 5.00. The Balaban J connectivity index is 1.91. The number of nitrogens with zero attached hydrogens (tertiary/aromatic N) is 1. The van der Waals surface area contributed by atoms with Crippen LogP contribution in [0.3, 0.4) is 0 Å². The van der Waals surface area contributed by atoms with Crippen molar-refractivity contribution < 1.29 is 4.79 Å². The third-order valence-corrected chi connectivity index (χ3v) is 3.46. The van der Waals surface area contributed by atoms with Crippen molar-refractivity contribution in [3.05, 3.63) is 35.9 Å². The van der Waals surface area contributed by atoms with E-state index in [4.69, 9.17) is 5.73 Å². The molecule has 2 atom stereocenters. The average Bonchev–Trinajstić information content (AvgIpc) is 2.39. The van der Waals surface area contributed by atoms with E-state index in [9.17, 15) is 4.79 Å². The number of nitrogens with one attached hydrogen (secondary N) is 1. The number of nitrogens with two attached hydrogens (primary N) is 1. The summed E-state index contributed by atoms with van der Waals surface area (Å²) in [4.78, 5) is 13.5. The van der Waals surface area contributed by atoms with Crippen LogP contribution in [0, 0.1) is 5.92 Å². The minimum atomic E-state index is 0.0242. The molecule has 0 radical (unpaired) electrons. The van der Waals surface area contributed by atoms with Crippen LogP contribution >= 0.6 is 0 Å². The molecule has 1 aliphatic heterocycles. The van der Waals surface area contributed by atoms with E-state index in [1.165, 1.54) is 0 Å². The Morgan fingerprint density at radius 1 is 1.39 bits per heavy atom. The summed E-state index contributed by atoms with van der Waals surface area (Å²) in [6, 6.07) is 10.2. The summed E-state index contributed by atoms with van der Waals surface area (Å²) < 4.78 is 0. The number of carbonyl (C=O) groups excluding carboxylic acids is 1. The zero-order valence-corrected chi connectivity index (χ0v) is 10.8. The van der Waals surface area contributed by atoms with Crippen molar-refractivity contribution in [3.63, 3.8) is 0 Å². The Morgan fingerprint density at radius 3 is 2.78 bits per heavy atom. The fourth-order valence-electron chi connectivity index (χ4n) is 2.37. The Hall–Kier alpha value is -1.39. The number of benzene rings is 1. The van der Waals surface area contributed by atoms with Crippen LogP contribution in [0.1, 0.15) is 18.5 Å². The van der Waals surface area contributed by atoms with Crippen LogP contribution in [-0.4, -0.2) is 37.0 Å². The van der Waals surface area contributed by atoms with E-state index < -0.39 is 0 Å². The highest BCUT2D eigenvalue weighted by Crippen LogP contribution is 2.20. The zero-order valence-electron chi connectivity index (χ0n) is 10.8. The first-order valence-corrected chi connectivity index (χ1v) is 6.46. The van der Waals surface area contributed by atoms with Crippen molar-refractivity contribution in [2.24, 2.45) is 11.7 Å². The van der Waals surface area contributed by atoms with Crippen molar-refractivity contribution in [1.29, 1.82) is 0 Å². The predicted molar refractivity (Wildman–Crippen MR) is 72.0 cm³/mol. The van der Waals surface area contributed by atoms with Gasteiger partial charge in [0.05, 0.1) is 6.54 Å². The van der Waals surface area contributed by atoms with Crippen molar-refractivity contribution in [2.45, 2.75) is 13.0 Å². The maximum absolute atomic E-state index is 11.3. The van der Waals surface area contributed by atoms with Gasteiger partial charge >= 0.3 is 0 Å². The van der Waals surface area contributed by atoms with Gasteiger partial charge in [0.1, 0.15) is 0 Å². The summed E-state index contributed by atoms with van der Waals surface area (Å²) in [6.45, 7) is 5.16. The Kier molecular flexibility index (Phi) is 4.33.